The normalized spacial score (nSPS) is 11.6. The topological polar surface area (TPSA) is 0 Å². The van der Waals surface area contributed by atoms with Crippen molar-refractivity contribution in [3.05, 3.63) is 21.9 Å². The third-order valence-electron chi connectivity index (χ3n) is 2.82. The van der Waals surface area contributed by atoms with Crippen molar-refractivity contribution in [3.63, 3.8) is 0 Å². The van der Waals surface area contributed by atoms with E-state index < -0.39 is 0 Å². The molecular formula is C14H24S. The number of hydrogen-bond donors (Lipinski definition) is 0. The van der Waals surface area contributed by atoms with Crippen LogP contribution in [0, 0.1) is 11.8 Å². The molecule has 0 aliphatic carbocycles. The van der Waals surface area contributed by atoms with Gasteiger partial charge < -0.3 is 0 Å². The molecule has 1 rings (SSSR count). The Labute approximate surface area is 98.7 Å². The van der Waals surface area contributed by atoms with Crippen LogP contribution in [0.1, 0.15) is 51.7 Å². The minimum absolute atomic E-state index is 0.822. The first-order valence-electron chi connectivity index (χ1n) is 6.13. The van der Waals surface area contributed by atoms with Gasteiger partial charge in [0, 0.05) is 0 Å². The summed E-state index contributed by atoms with van der Waals surface area (Å²) in [7, 11) is 0. The number of thiophene rings is 1. The summed E-state index contributed by atoms with van der Waals surface area (Å²) in [5.74, 6) is 1.64. The summed E-state index contributed by atoms with van der Waals surface area (Å²) in [6, 6.07) is 0. The van der Waals surface area contributed by atoms with Gasteiger partial charge in [-0.15, -0.1) is 0 Å². The van der Waals surface area contributed by atoms with Crippen molar-refractivity contribution in [1.29, 1.82) is 0 Å². The lowest BCUT2D eigenvalue weighted by Gasteiger charge is -2.07. The fraction of sp³-hybridized carbons (Fsp3) is 0.714. The highest BCUT2D eigenvalue weighted by Gasteiger charge is 2.05. The lowest BCUT2D eigenvalue weighted by atomic mass is 9.98. The first kappa shape index (κ1) is 12.8. The zero-order valence-corrected chi connectivity index (χ0v) is 11.4. The van der Waals surface area contributed by atoms with E-state index in [2.05, 4.69) is 38.5 Å². The molecule has 0 saturated heterocycles. The molecule has 15 heavy (non-hydrogen) atoms. The summed E-state index contributed by atoms with van der Waals surface area (Å²) in [6.45, 7) is 9.22. The molecule has 1 heteroatoms. The molecule has 0 unspecified atom stereocenters. The van der Waals surface area contributed by atoms with Crippen LogP contribution in [0.4, 0.5) is 0 Å². The average Bonchev–Trinajstić information content (AvgIpc) is 2.58. The smallest absolute Gasteiger partial charge is 0.00584 e. The Bertz CT molecular complexity index is 244. The van der Waals surface area contributed by atoms with Crippen LogP contribution in [0.2, 0.25) is 0 Å². The van der Waals surface area contributed by atoms with Gasteiger partial charge in [0.1, 0.15) is 0 Å². The van der Waals surface area contributed by atoms with E-state index in [0.29, 0.717) is 0 Å². The first-order chi connectivity index (χ1) is 7.09. The van der Waals surface area contributed by atoms with Gasteiger partial charge in [0.25, 0.3) is 0 Å². The van der Waals surface area contributed by atoms with Crippen LogP contribution in [0.3, 0.4) is 0 Å². The number of rotatable bonds is 6. The van der Waals surface area contributed by atoms with E-state index in [-0.39, 0.29) is 0 Å². The molecule has 1 aromatic heterocycles. The maximum absolute atomic E-state index is 2.35. The van der Waals surface area contributed by atoms with Crippen LogP contribution in [-0.2, 0) is 12.8 Å². The van der Waals surface area contributed by atoms with Gasteiger partial charge in [0.2, 0.25) is 0 Å². The predicted molar refractivity (Wildman–Crippen MR) is 70.6 cm³/mol. The molecule has 0 radical (unpaired) electrons. The largest absolute Gasteiger partial charge is 0.152 e. The van der Waals surface area contributed by atoms with Gasteiger partial charge in [-0.25, -0.2) is 0 Å². The standard InChI is InChI=1S/C14H24S/c1-11(2)5-7-13-9-15-10-14(13)8-6-12(3)4/h9-12H,5-8H2,1-4H3. The Morgan fingerprint density at radius 3 is 1.60 bits per heavy atom. The molecule has 0 bridgehead atoms. The average molecular weight is 224 g/mol. The van der Waals surface area contributed by atoms with Crippen molar-refractivity contribution < 1.29 is 0 Å². The van der Waals surface area contributed by atoms with E-state index in [4.69, 9.17) is 0 Å². The second-order valence-corrected chi connectivity index (χ2v) is 6.03. The molecule has 0 nitrogen and oxygen atoms in total. The van der Waals surface area contributed by atoms with Crippen LogP contribution >= 0.6 is 11.3 Å². The van der Waals surface area contributed by atoms with Crippen molar-refractivity contribution in [2.45, 2.75) is 53.4 Å². The third kappa shape index (κ3) is 4.83. The van der Waals surface area contributed by atoms with Gasteiger partial charge >= 0.3 is 0 Å². The maximum Gasteiger partial charge on any atom is -0.00584 e. The second-order valence-electron chi connectivity index (χ2n) is 5.29. The van der Waals surface area contributed by atoms with Gasteiger partial charge in [0.15, 0.2) is 0 Å². The van der Waals surface area contributed by atoms with Crippen molar-refractivity contribution in [3.8, 4) is 0 Å². The SMILES string of the molecule is CC(C)CCc1cscc1CCC(C)C. The molecule has 0 saturated carbocycles. The molecule has 1 heterocycles. The maximum atomic E-state index is 2.35. The summed E-state index contributed by atoms with van der Waals surface area (Å²) in [5, 5.41) is 4.69. The Morgan fingerprint density at radius 2 is 1.27 bits per heavy atom. The van der Waals surface area contributed by atoms with Gasteiger partial charge in [-0.2, -0.15) is 11.3 Å². The molecule has 0 aromatic carbocycles. The molecule has 0 fully saturated rings. The zero-order valence-electron chi connectivity index (χ0n) is 10.5. The molecule has 0 N–H and O–H groups in total. The van der Waals surface area contributed by atoms with Gasteiger partial charge in [-0.1, -0.05) is 27.7 Å². The minimum Gasteiger partial charge on any atom is -0.152 e. The molecule has 1 aromatic rings. The Balaban J connectivity index is 2.46. The molecule has 0 atom stereocenters. The van der Waals surface area contributed by atoms with Crippen LogP contribution < -0.4 is 0 Å². The molecule has 86 valence electrons. The lowest BCUT2D eigenvalue weighted by molar-refractivity contribution is 0.572. The van der Waals surface area contributed by atoms with Crippen LogP contribution in [0.5, 0.6) is 0 Å². The van der Waals surface area contributed by atoms with Gasteiger partial charge in [0.05, 0.1) is 0 Å². The van der Waals surface area contributed by atoms with E-state index in [1.807, 2.05) is 11.3 Å². The Morgan fingerprint density at radius 1 is 0.867 bits per heavy atom. The molecule has 0 amide bonds. The number of aryl methyl sites for hydroxylation is 2. The van der Waals surface area contributed by atoms with Crippen molar-refractivity contribution >= 4 is 11.3 Å². The summed E-state index contributed by atoms with van der Waals surface area (Å²) >= 11 is 1.87. The lowest BCUT2D eigenvalue weighted by Crippen LogP contribution is -1.97. The molecule has 0 aliphatic heterocycles. The zero-order chi connectivity index (χ0) is 11.3. The second kappa shape index (κ2) is 6.32. The summed E-state index contributed by atoms with van der Waals surface area (Å²) in [4.78, 5) is 0. The van der Waals surface area contributed by atoms with E-state index in [0.717, 1.165) is 11.8 Å². The first-order valence-corrected chi connectivity index (χ1v) is 7.07. The van der Waals surface area contributed by atoms with E-state index >= 15 is 0 Å². The number of hydrogen-bond acceptors (Lipinski definition) is 1. The quantitative estimate of drug-likeness (QED) is 0.643. The fourth-order valence-electron chi connectivity index (χ4n) is 1.68. The van der Waals surface area contributed by atoms with Crippen molar-refractivity contribution in [2.24, 2.45) is 11.8 Å². The fourth-order valence-corrected chi connectivity index (χ4v) is 2.61. The summed E-state index contributed by atoms with van der Waals surface area (Å²) in [6.07, 6.45) is 5.19. The predicted octanol–water partition coefficient (Wildman–Crippen LogP) is 4.93. The highest BCUT2D eigenvalue weighted by molar-refractivity contribution is 7.08. The Kier molecular flexibility index (Phi) is 5.38. The Hall–Kier alpha value is -0.300. The van der Waals surface area contributed by atoms with Crippen LogP contribution in [0.25, 0.3) is 0 Å². The summed E-state index contributed by atoms with van der Waals surface area (Å²) < 4.78 is 0. The van der Waals surface area contributed by atoms with Crippen molar-refractivity contribution in [1.82, 2.24) is 0 Å². The van der Waals surface area contributed by atoms with Crippen molar-refractivity contribution in [2.75, 3.05) is 0 Å². The van der Waals surface area contributed by atoms with E-state index in [1.54, 1.807) is 11.1 Å². The highest BCUT2D eigenvalue weighted by Crippen LogP contribution is 2.21. The van der Waals surface area contributed by atoms with Crippen LogP contribution in [0.15, 0.2) is 10.8 Å². The monoisotopic (exact) mass is 224 g/mol. The van der Waals surface area contributed by atoms with E-state index in [1.165, 1.54) is 25.7 Å². The van der Waals surface area contributed by atoms with Gasteiger partial charge in [-0.3, -0.25) is 0 Å². The molecular weight excluding hydrogens is 200 g/mol. The van der Waals surface area contributed by atoms with Gasteiger partial charge in [-0.05, 0) is 59.4 Å². The van der Waals surface area contributed by atoms with Crippen LogP contribution in [-0.4, -0.2) is 0 Å². The third-order valence-corrected chi connectivity index (χ3v) is 3.66. The molecule has 0 aliphatic rings. The highest BCUT2D eigenvalue weighted by atomic mass is 32.1. The van der Waals surface area contributed by atoms with E-state index in [9.17, 15) is 0 Å². The summed E-state index contributed by atoms with van der Waals surface area (Å²) in [5.41, 5.74) is 3.21. The minimum atomic E-state index is 0.822. The molecule has 0 spiro atoms.